The van der Waals surface area contributed by atoms with Gasteiger partial charge in [-0.15, -0.1) is 11.3 Å². The summed E-state index contributed by atoms with van der Waals surface area (Å²) in [7, 11) is -3.31. The maximum Gasteiger partial charge on any atom is 0.252 e. The van der Waals surface area contributed by atoms with Crippen LogP contribution in [0.5, 0.6) is 0 Å². The Balaban J connectivity index is 1.74. The lowest BCUT2D eigenvalue weighted by molar-refractivity contribution is 0.316. The van der Waals surface area contributed by atoms with Crippen LogP contribution in [0.15, 0.2) is 15.7 Å². The molecule has 1 N–H and O–H groups in total. The zero-order chi connectivity index (χ0) is 15.0. The highest BCUT2D eigenvalue weighted by Crippen LogP contribution is 2.32. The van der Waals surface area contributed by atoms with Crippen molar-refractivity contribution in [3.8, 4) is 0 Å². The van der Waals surface area contributed by atoms with Crippen LogP contribution >= 0.6 is 11.3 Å². The summed E-state index contributed by atoms with van der Waals surface area (Å²) in [6, 6.07) is 2.66. The molecule has 2 fully saturated rings. The van der Waals surface area contributed by atoms with E-state index in [-0.39, 0.29) is 6.04 Å². The summed E-state index contributed by atoms with van der Waals surface area (Å²) in [5.74, 6) is 0.373. The number of nitrogens with one attached hydrogen (secondary N) is 1. The molecule has 1 saturated carbocycles. The number of hydrogen-bond donors (Lipinski definition) is 1. The average Bonchev–Trinajstić information content (AvgIpc) is 2.95. The largest absolute Gasteiger partial charge is 0.310 e. The summed E-state index contributed by atoms with van der Waals surface area (Å²) in [6.45, 7) is 5.67. The monoisotopic (exact) mass is 328 g/mol. The van der Waals surface area contributed by atoms with Crippen molar-refractivity contribution in [1.82, 2.24) is 9.62 Å². The molecule has 118 valence electrons. The van der Waals surface area contributed by atoms with Crippen LogP contribution in [0.3, 0.4) is 0 Å². The summed E-state index contributed by atoms with van der Waals surface area (Å²) in [4.78, 5) is 0. The van der Waals surface area contributed by atoms with Gasteiger partial charge in [0.15, 0.2) is 0 Å². The molecular weight excluding hydrogens is 304 g/mol. The Morgan fingerprint density at radius 2 is 2.14 bits per heavy atom. The summed E-state index contributed by atoms with van der Waals surface area (Å²) in [5, 5.41) is 5.41. The molecule has 1 aliphatic heterocycles. The molecule has 1 saturated heterocycles. The second-order valence-corrected chi connectivity index (χ2v) is 9.53. The van der Waals surface area contributed by atoms with Crippen molar-refractivity contribution in [2.24, 2.45) is 5.92 Å². The lowest BCUT2D eigenvalue weighted by Crippen LogP contribution is -2.38. The third-order valence-electron chi connectivity index (χ3n) is 4.38. The van der Waals surface area contributed by atoms with E-state index in [9.17, 15) is 8.42 Å². The van der Waals surface area contributed by atoms with E-state index in [0.717, 1.165) is 24.9 Å². The first kappa shape index (κ1) is 15.5. The number of rotatable bonds is 6. The van der Waals surface area contributed by atoms with E-state index in [1.165, 1.54) is 24.2 Å². The predicted molar refractivity (Wildman–Crippen MR) is 85.9 cm³/mol. The van der Waals surface area contributed by atoms with Gasteiger partial charge in [0.2, 0.25) is 0 Å². The summed E-state index contributed by atoms with van der Waals surface area (Å²) in [5.41, 5.74) is 1.09. The van der Waals surface area contributed by atoms with E-state index in [2.05, 4.69) is 19.2 Å². The van der Waals surface area contributed by atoms with Gasteiger partial charge in [-0.25, -0.2) is 8.42 Å². The normalized spacial score (nSPS) is 24.0. The zero-order valence-corrected chi connectivity index (χ0v) is 14.3. The SMILES string of the molecule is CC(C)C1CCCN1S(=O)(=O)c1cc(CNC2CC2)cs1. The van der Waals surface area contributed by atoms with Gasteiger partial charge in [0.05, 0.1) is 0 Å². The van der Waals surface area contributed by atoms with Gasteiger partial charge in [-0.1, -0.05) is 13.8 Å². The topological polar surface area (TPSA) is 49.4 Å². The molecule has 21 heavy (non-hydrogen) atoms. The lowest BCUT2D eigenvalue weighted by Gasteiger charge is -2.26. The number of nitrogens with zero attached hydrogens (tertiary/aromatic N) is 1. The summed E-state index contributed by atoms with van der Waals surface area (Å²) < 4.78 is 27.9. The van der Waals surface area contributed by atoms with Gasteiger partial charge in [0, 0.05) is 25.2 Å². The third-order valence-corrected chi connectivity index (χ3v) is 7.77. The Kier molecular flexibility index (Phi) is 4.41. The molecule has 0 aromatic carbocycles. The Bertz CT molecular complexity index is 591. The smallest absolute Gasteiger partial charge is 0.252 e. The van der Waals surface area contributed by atoms with E-state index in [1.54, 1.807) is 4.31 Å². The van der Waals surface area contributed by atoms with E-state index < -0.39 is 10.0 Å². The van der Waals surface area contributed by atoms with Gasteiger partial charge < -0.3 is 5.32 Å². The molecule has 1 aromatic heterocycles. The van der Waals surface area contributed by atoms with Crippen molar-refractivity contribution in [2.45, 2.75) is 62.4 Å². The Hall–Kier alpha value is -0.430. The highest BCUT2D eigenvalue weighted by atomic mass is 32.2. The van der Waals surface area contributed by atoms with E-state index in [4.69, 9.17) is 0 Å². The quantitative estimate of drug-likeness (QED) is 0.873. The first-order valence-corrected chi connectivity index (χ1v) is 10.1. The first-order chi connectivity index (χ1) is 9.98. The Morgan fingerprint density at radius 1 is 1.38 bits per heavy atom. The molecule has 1 unspecified atom stereocenters. The van der Waals surface area contributed by atoms with Crippen molar-refractivity contribution in [3.05, 3.63) is 17.0 Å². The van der Waals surface area contributed by atoms with Crippen LogP contribution in [0.1, 0.15) is 45.1 Å². The fourth-order valence-electron chi connectivity index (χ4n) is 2.98. The molecule has 0 amide bonds. The third kappa shape index (κ3) is 3.33. The number of thiophene rings is 1. The van der Waals surface area contributed by atoms with Crippen LogP contribution in [-0.2, 0) is 16.6 Å². The molecule has 3 rings (SSSR count). The van der Waals surface area contributed by atoms with Crippen molar-refractivity contribution in [3.63, 3.8) is 0 Å². The van der Waals surface area contributed by atoms with Gasteiger partial charge in [-0.3, -0.25) is 0 Å². The second-order valence-electron chi connectivity index (χ2n) is 6.50. The second kappa shape index (κ2) is 5.99. The fraction of sp³-hybridized carbons (Fsp3) is 0.733. The van der Waals surface area contributed by atoms with Gasteiger partial charge in [-0.05, 0) is 48.6 Å². The summed E-state index contributed by atoms with van der Waals surface area (Å²) in [6.07, 6.45) is 4.46. The first-order valence-electron chi connectivity index (χ1n) is 7.81. The summed E-state index contributed by atoms with van der Waals surface area (Å²) >= 11 is 1.36. The van der Waals surface area contributed by atoms with Gasteiger partial charge >= 0.3 is 0 Å². The molecule has 1 atom stereocenters. The van der Waals surface area contributed by atoms with Crippen molar-refractivity contribution in [1.29, 1.82) is 0 Å². The maximum absolute atomic E-state index is 12.8. The predicted octanol–water partition coefficient (Wildman–Crippen LogP) is 2.81. The minimum Gasteiger partial charge on any atom is -0.310 e. The minimum absolute atomic E-state index is 0.158. The molecule has 4 nitrogen and oxygen atoms in total. The molecule has 0 spiro atoms. The minimum atomic E-state index is -3.31. The Labute approximate surface area is 131 Å². The fourth-order valence-corrected chi connectivity index (χ4v) is 6.14. The van der Waals surface area contributed by atoms with Crippen LogP contribution in [0.2, 0.25) is 0 Å². The van der Waals surface area contributed by atoms with Crippen LogP contribution < -0.4 is 5.32 Å². The average molecular weight is 329 g/mol. The van der Waals surface area contributed by atoms with Gasteiger partial charge in [0.1, 0.15) is 4.21 Å². The highest BCUT2D eigenvalue weighted by Gasteiger charge is 2.37. The molecule has 0 radical (unpaired) electrons. The lowest BCUT2D eigenvalue weighted by atomic mass is 10.0. The van der Waals surface area contributed by atoms with Crippen LogP contribution in [-0.4, -0.2) is 31.4 Å². The molecule has 1 aromatic rings. The Morgan fingerprint density at radius 3 is 2.81 bits per heavy atom. The van der Waals surface area contributed by atoms with Crippen molar-refractivity contribution >= 4 is 21.4 Å². The van der Waals surface area contributed by atoms with Gasteiger partial charge in [0.25, 0.3) is 10.0 Å². The van der Waals surface area contributed by atoms with E-state index in [0.29, 0.717) is 22.7 Å². The van der Waals surface area contributed by atoms with E-state index in [1.807, 2.05) is 11.4 Å². The van der Waals surface area contributed by atoms with Crippen LogP contribution in [0, 0.1) is 5.92 Å². The van der Waals surface area contributed by atoms with Gasteiger partial charge in [-0.2, -0.15) is 4.31 Å². The molecule has 2 aliphatic rings. The molecule has 0 bridgehead atoms. The standard InChI is InChI=1S/C15H24N2O2S2/c1-11(2)14-4-3-7-17(14)21(18,19)15-8-12(10-20-15)9-16-13-5-6-13/h8,10-11,13-14,16H,3-7,9H2,1-2H3. The number of hydrogen-bond acceptors (Lipinski definition) is 4. The van der Waals surface area contributed by atoms with Crippen molar-refractivity contribution < 1.29 is 8.42 Å². The van der Waals surface area contributed by atoms with Crippen LogP contribution in [0.4, 0.5) is 0 Å². The number of sulfonamides is 1. The molecule has 6 heteroatoms. The highest BCUT2D eigenvalue weighted by molar-refractivity contribution is 7.91. The van der Waals surface area contributed by atoms with Crippen LogP contribution in [0.25, 0.3) is 0 Å². The molecule has 1 aliphatic carbocycles. The van der Waals surface area contributed by atoms with Crippen molar-refractivity contribution in [2.75, 3.05) is 6.54 Å². The molecule has 2 heterocycles. The molecular formula is C15H24N2O2S2. The zero-order valence-electron chi connectivity index (χ0n) is 12.7. The van der Waals surface area contributed by atoms with E-state index >= 15 is 0 Å². The maximum atomic E-state index is 12.8.